The second-order valence-corrected chi connectivity index (χ2v) is 9.38. The Morgan fingerprint density at radius 1 is 1.09 bits per heavy atom. The second kappa shape index (κ2) is 11.7. The summed E-state index contributed by atoms with van der Waals surface area (Å²) >= 11 is 7.41. The summed E-state index contributed by atoms with van der Waals surface area (Å²) in [6.45, 7) is 5.48. The summed E-state index contributed by atoms with van der Waals surface area (Å²) < 4.78 is 14.0. The fourth-order valence-electron chi connectivity index (χ4n) is 4.18. The lowest BCUT2D eigenvalue weighted by atomic mass is 10.0. The van der Waals surface area contributed by atoms with Gasteiger partial charge < -0.3 is 19.7 Å². The van der Waals surface area contributed by atoms with E-state index in [4.69, 9.17) is 21.1 Å². The molecule has 180 valence electrons. The van der Waals surface area contributed by atoms with E-state index in [1.54, 1.807) is 6.20 Å². The number of halogens is 3. The normalized spacial score (nSPS) is 16.3. The maximum absolute atomic E-state index is 12.4. The van der Waals surface area contributed by atoms with Crippen LogP contribution in [0, 0.1) is 0 Å². The Morgan fingerprint density at radius 2 is 1.85 bits per heavy atom. The number of benzene rings is 1. The summed E-state index contributed by atoms with van der Waals surface area (Å²) in [5.41, 5.74) is 1.90. The van der Waals surface area contributed by atoms with Crippen molar-refractivity contribution >= 4 is 58.0 Å². The largest absolute Gasteiger partial charge is 0.486 e. The minimum absolute atomic E-state index is 0. The highest BCUT2D eigenvalue weighted by molar-refractivity contribution is 7.16. The van der Waals surface area contributed by atoms with E-state index in [-0.39, 0.29) is 29.7 Å². The van der Waals surface area contributed by atoms with Gasteiger partial charge in [0.25, 0.3) is 0 Å². The van der Waals surface area contributed by atoms with Crippen molar-refractivity contribution in [1.82, 2.24) is 19.8 Å². The van der Waals surface area contributed by atoms with Crippen molar-refractivity contribution in [3.05, 3.63) is 50.8 Å². The molecule has 1 N–H and O–H groups in total. The van der Waals surface area contributed by atoms with Crippen LogP contribution in [-0.4, -0.2) is 53.3 Å². The van der Waals surface area contributed by atoms with Gasteiger partial charge in [0.05, 0.1) is 22.1 Å². The summed E-state index contributed by atoms with van der Waals surface area (Å²) in [5, 5.41) is 4.29. The van der Waals surface area contributed by atoms with Crippen LogP contribution >= 0.6 is 47.8 Å². The fourth-order valence-corrected chi connectivity index (χ4v) is 5.25. The summed E-state index contributed by atoms with van der Waals surface area (Å²) in [4.78, 5) is 19.4. The number of likely N-dealkylation sites (tertiary alicyclic amines) is 1. The molecule has 1 saturated heterocycles. The van der Waals surface area contributed by atoms with Crippen LogP contribution in [0.15, 0.2) is 35.3 Å². The van der Waals surface area contributed by atoms with E-state index in [9.17, 15) is 4.79 Å². The number of rotatable bonds is 6. The molecule has 4 heterocycles. The minimum atomic E-state index is 0. The van der Waals surface area contributed by atoms with Crippen LogP contribution < -0.4 is 19.7 Å². The summed E-state index contributed by atoms with van der Waals surface area (Å²) in [6.07, 6.45) is 3.91. The number of pyridine rings is 1. The highest BCUT2D eigenvalue weighted by Crippen LogP contribution is 2.29. The SMILES string of the molecule is Cl.Cl.O=c1sc2ccc(Cl)cc2n1CCN1CCC(NCc2cc3c(cn2)OCCO3)CC1. The van der Waals surface area contributed by atoms with Gasteiger partial charge in [0, 0.05) is 36.8 Å². The number of hydrogen-bond acceptors (Lipinski definition) is 7. The fraction of sp³-hybridized carbons (Fsp3) is 0.455. The number of nitrogens with zero attached hydrogens (tertiary/aromatic N) is 3. The molecule has 0 aliphatic carbocycles. The third-order valence-corrected chi connectivity index (χ3v) is 7.11. The maximum atomic E-state index is 12.4. The van der Waals surface area contributed by atoms with Gasteiger partial charge in [-0.2, -0.15) is 0 Å². The van der Waals surface area contributed by atoms with Crippen molar-refractivity contribution in [3.8, 4) is 11.5 Å². The van der Waals surface area contributed by atoms with Crippen molar-refractivity contribution in [1.29, 1.82) is 0 Å². The van der Waals surface area contributed by atoms with Gasteiger partial charge in [-0.1, -0.05) is 22.9 Å². The predicted octanol–water partition coefficient (Wildman–Crippen LogP) is 3.98. The molecule has 0 amide bonds. The number of fused-ring (bicyclic) bond motifs is 2. The topological polar surface area (TPSA) is 68.6 Å². The maximum Gasteiger partial charge on any atom is 0.308 e. The van der Waals surface area contributed by atoms with Gasteiger partial charge in [0.15, 0.2) is 11.5 Å². The van der Waals surface area contributed by atoms with Crippen LogP contribution in [0.4, 0.5) is 0 Å². The van der Waals surface area contributed by atoms with E-state index >= 15 is 0 Å². The zero-order valence-corrected chi connectivity index (χ0v) is 21.2. The first-order valence-corrected chi connectivity index (χ1v) is 11.8. The van der Waals surface area contributed by atoms with E-state index in [2.05, 4.69) is 15.2 Å². The van der Waals surface area contributed by atoms with Gasteiger partial charge in [0.2, 0.25) is 0 Å². The minimum Gasteiger partial charge on any atom is -0.486 e. The first-order chi connectivity index (χ1) is 15.2. The van der Waals surface area contributed by atoms with Gasteiger partial charge >= 0.3 is 4.87 Å². The van der Waals surface area contributed by atoms with E-state index in [1.807, 2.05) is 28.8 Å². The molecule has 0 saturated carbocycles. The highest BCUT2D eigenvalue weighted by atomic mass is 35.5. The number of aromatic nitrogens is 2. The van der Waals surface area contributed by atoms with Crippen LogP contribution in [-0.2, 0) is 13.1 Å². The molecule has 11 heteroatoms. The van der Waals surface area contributed by atoms with Crippen LogP contribution in [0.25, 0.3) is 10.2 Å². The third-order valence-electron chi connectivity index (χ3n) is 5.92. The molecular weight excluding hydrogens is 507 g/mol. The molecule has 7 nitrogen and oxygen atoms in total. The van der Waals surface area contributed by atoms with Gasteiger partial charge in [0.1, 0.15) is 13.2 Å². The quantitative estimate of drug-likeness (QED) is 0.517. The van der Waals surface area contributed by atoms with Crippen molar-refractivity contribution in [2.45, 2.75) is 32.0 Å². The molecule has 5 rings (SSSR count). The third kappa shape index (κ3) is 6.12. The molecule has 2 aromatic heterocycles. The van der Waals surface area contributed by atoms with Gasteiger partial charge in [-0.05, 0) is 44.1 Å². The molecule has 0 spiro atoms. The number of nitrogens with one attached hydrogen (secondary N) is 1. The first-order valence-electron chi connectivity index (χ1n) is 10.6. The number of ether oxygens (including phenoxy) is 2. The van der Waals surface area contributed by atoms with E-state index in [1.165, 1.54) is 11.3 Å². The molecule has 2 aliphatic heterocycles. The molecule has 3 aromatic rings. The molecule has 1 aromatic carbocycles. The zero-order chi connectivity index (χ0) is 21.2. The van der Waals surface area contributed by atoms with Crippen LogP contribution in [0.1, 0.15) is 18.5 Å². The number of thiazole rings is 1. The van der Waals surface area contributed by atoms with Crippen molar-refractivity contribution in [2.24, 2.45) is 0 Å². The van der Waals surface area contributed by atoms with Crippen LogP contribution in [0.5, 0.6) is 11.5 Å². The average molecular weight is 534 g/mol. The molecule has 1 fully saturated rings. The Hall–Kier alpha value is -1.55. The summed E-state index contributed by atoms with van der Waals surface area (Å²) in [7, 11) is 0. The smallest absolute Gasteiger partial charge is 0.308 e. The molecule has 0 bridgehead atoms. The lowest BCUT2D eigenvalue weighted by molar-refractivity contribution is 0.170. The Labute approximate surface area is 213 Å². The van der Waals surface area contributed by atoms with E-state index < -0.39 is 0 Å². The van der Waals surface area contributed by atoms with E-state index in [0.717, 1.165) is 66.4 Å². The Morgan fingerprint density at radius 3 is 2.64 bits per heavy atom. The van der Waals surface area contributed by atoms with E-state index in [0.29, 0.717) is 30.8 Å². The van der Waals surface area contributed by atoms with Gasteiger partial charge in [-0.15, -0.1) is 24.8 Å². The monoisotopic (exact) mass is 532 g/mol. The molecular formula is C22H27Cl3N4O3S. The molecule has 0 unspecified atom stereocenters. The second-order valence-electron chi connectivity index (χ2n) is 7.95. The standard InChI is InChI=1S/C22H25ClN4O3S.2ClH/c23-15-1-2-21-18(11-15)27(22(28)31-21)8-7-26-5-3-16(4-6-26)24-13-17-12-19-20(14-25-17)30-10-9-29-19;;/h1-2,11-12,14,16,24H,3-10,13H2;2*1H. The Bertz CT molecular complexity index is 1130. The Kier molecular flexibility index (Phi) is 9.26. The highest BCUT2D eigenvalue weighted by Gasteiger charge is 2.20. The van der Waals surface area contributed by atoms with Crippen LogP contribution in [0.3, 0.4) is 0 Å². The lowest BCUT2D eigenvalue weighted by Crippen LogP contribution is -2.43. The van der Waals surface area contributed by atoms with Crippen molar-refractivity contribution in [3.63, 3.8) is 0 Å². The zero-order valence-electron chi connectivity index (χ0n) is 18.0. The lowest BCUT2D eigenvalue weighted by Gasteiger charge is -2.32. The Balaban J connectivity index is 0.00000153. The predicted molar refractivity (Wildman–Crippen MR) is 137 cm³/mol. The van der Waals surface area contributed by atoms with Gasteiger partial charge in [-0.25, -0.2) is 0 Å². The van der Waals surface area contributed by atoms with Crippen LogP contribution in [0.2, 0.25) is 5.02 Å². The number of hydrogen-bond donors (Lipinski definition) is 1. The molecule has 0 radical (unpaired) electrons. The average Bonchev–Trinajstić information content (AvgIpc) is 3.11. The summed E-state index contributed by atoms with van der Waals surface area (Å²) in [6, 6.07) is 8.08. The van der Waals surface area contributed by atoms with Crippen molar-refractivity contribution < 1.29 is 9.47 Å². The van der Waals surface area contributed by atoms with Gasteiger partial charge in [-0.3, -0.25) is 14.3 Å². The molecule has 2 aliphatic rings. The first kappa shape index (κ1) is 26.1. The van der Waals surface area contributed by atoms with Crippen molar-refractivity contribution in [2.75, 3.05) is 32.8 Å². The summed E-state index contributed by atoms with van der Waals surface area (Å²) in [5.74, 6) is 1.51. The number of piperidine rings is 1. The molecule has 0 atom stereocenters. The molecule has 33 heavy (non-hydrogen) atoms.